The van der Waals surface area contributed by atoms with E-state index in [1.54, 1.807) is 37.6 Å². The van der Waals surface area contributed by atoms with Crippen LogP contribution in [0.25, 0.3) is 0 Å². The molecule has 2 aromatic carbocycles. The van der Waals surface area contributed by atoms with Crippen LogP contribution < -0.4 is 14.4 Å². The first-order chi connectivity index (χ1) is 17.8. The smallest absolute Gasteiger partial charge is 0.342 e. The standard InChI is InChI=1S/C28H31Cl2N3O4/c1-19(2)37-28(34)23-5-4-10-31-27(23)33-13-11-32(12-14-33)17-20-6-9-25(26(15-20)35-3)36-18-21-7-8-22(29)16-24(21)30/h4-10,15-16,19H,11-14,17-18H2,1-3H3. The molecule has 0 unspecified atom stereocenters. The third-order valence-corrected chi connectivity index (χ3v) is 6.64. The van der Waals surface area contributed by atoms with Crippen molar-refractivity contribution in [1.82, 2.24) is 9.88 Å². The zero-order valence-corrected chi connectivity index (χ0v) is 22.8. The van der Waals surface area contributed by atoms with Crippen molar-refractivity contribution in [3.05, 3.63) is 81.5 Å². The number of esters is 1. The molecule has 1 aliphatic rings. The summed E-state index contributed by atoms with van der Waals surface area (Å²) in [5.74, 6) is 1.66. The molecular formula is C28H31Cl2N3O4. The number of methoxy groups -OCH3 is 1. The molecule has 0 bridgehead atoms. The number of rotatable bonds is 9. The summed E-state index contributed by atoms with van der Waals surface area (Å²) in [6.45, 7) is 7.98. The third-order valence-electron chi connectivity index (χ3n) is 6.05. The minimum atomic E-state index is -0.340. The van der Waals surface area contributed by atoms with Crippen LogP contribution in [-0.2, 0) is 17.9 Å². The van der Waals surface area contributed by atoms with E-state index in [2.05, 4.69) is 14.8 Å². The Hall–Kier alpha value is -3.00. The lowest BCUT2D eigenvalue weighted by atomic mass is 10.1. The van der Waals surface area contributed by atoms with E-state index in [4.69, 9.17) is 37.4 Å². The van der Waals surface area contributed by atoms with Crippen LogP contribution >= 0.6 is 23.2 Å². The van der Waals surface area contributed by atoms with E-state index in [0.29, 0.717) is 39.5 Å². The first-order valence-electron chi connectivity index (χ1n) is 12.2. The van der Waals surface area contributed by atoms with Gasteiger partial charge in [0.15, 0.2) is 11.5 Å². The lowest BCUT2D eigenvalue weighted by molar-refractivity contribution is 0.0378. The summed E-state index contributed by atoms with van der Waals surface area (Å²) in [6.07, 6.45) is 1.53. The number of anilines is 1. The summed E-state index contributed by atoms with van der Waals surface area (Å²) in [5.41, 5.74) is 2.48. The molecular weight excluding hydrogens is 513 g/mol. The molecule has 0 N–H and O–H groups in total. The summed E-state index contributed by atoms with van der Waals surface area (Å²) in [5, 5.41) is 1.16. The molecule has 9 heteroatoms. The van der Waals surface area contributed by atoms with Gasteiger partial charge in [-0.3, -0.25) is 4.90 Å². The number of carbonyl (C=O) groups is 1. The second-order valence-corrected chi connectivity index (χ2v) is 9.95. The number of pyridine rings is 1. The number of hydrogen-bond acceptors (Lipinski definition) is 7. The van der Waals surface area contributed by atoms with Crippen LogP contribution in [0.2, 0.25) is 10.0 Å². The van der Waals surface area contributed by atoms with E-state index in [1.165, 1.54) is 0 Å². The number of ether oxygens (including phenoxy) is 3. The molecule has 196 valence electrons. The monoisotopic (exact) mass is 543 g/mol. The normalized spacial score (nSPS) is 14.1. The summed E-state index contributed by atoms with van der Waals surface area (Å²) < 4.78 is 17.0. The zero-order valence-electron chi connectivity index (χ0n) is 21.2. The molecule has 3 aromatic rings. The molecule has 0 saturated carbocycles. The summed E-state index contributed by atoms with van der Waals surface area (Å²) in [4.78, 5) is 21.5. The Bertz CT molecular complexity index is 1230. The van der Waals surface area contributed by atoms with Crippen LogP contribution in [0, 0.1) is 0 Å². The second-order valence-electron chi connectivity index (χ2n) is 9.10. The minimum Gasteiger partial charge on any atom is -0.493 e. The maximum Gasteiger partial charge on any atom is 0.342 e. The van der Waals surface area contributed by atoms with Crippen molar-refractivity contribution in [2.24, 2.45) is 0 Å². The van der Waals surface area contributed by atoms with Gasteiger partial charge in [0.25, 0.3) is 0 Å². The van der Waals surface area contributed by atoms with E-state index < -0.39 is 0 Å². The highest BCUT2D eigenvalue weighted by Gasteiger charge is 2.24. The molecule has 0 aliphatic carbocycles. The van der Waals surface area contributed by atoms with E-state index in [1.807, 2.05) is 38.1 Å². The number of carbonyl (C=O) groups excluding carboxylic acids is 1. The quantitative estimate of drug-likeness (QED) is 0.313. The Morgan fingerprint density at radius 1 is 1.03 bits per heavy atom. The summed E-state index contributed by atoms with van der Waals surface area (Å²) in [7, 11) is 1.63. The van der Waals surface area contributed by atoms with Crippen LogP contribution in [-0.4, -0.2) is 55.2 Å². The van der Waals surface area contributed by atoms with Gasteiger partial charge in [-0.1, -0.05) is 35.3 Å². The van der Waals surface area contributed by atoms with Crippen molar-refractivity contribution >= 4 is 35.0 Å². The molecule has 7 nitrogen and oxygen atoms in total. The van der Waals surface area contributed by atoms with E-state index >= 15 is 0 Å². The van der Waals surface area contributed by atoms with Crippen molar-refractivity contribution in [1.29, 1.82) is 0 Å². The van der Waals surface area contributed by atoms with Crippen LogP contribution in [0.1, 0.15) is 35.3 Å². The summed E-state index contributed by atoms with van der Waals surface area (Å²) >= 11 is 12.2. The molecule has 0 amide bonds. The molecule has 1 saturated heterocycles. The number of halogens is 2. The Labute approximate surface area is 227 Å². The van der Waals surface area contributed by atoms with Gasteiger partial charge in [0.2, 0.25) is 0 Å². The van der Waals surface area contributed by atoms with E-state index in [-0.39, 0.29) is 12.1 Å². The average Bonchev–Trinajstić information content (AvgIpc) is 2.88. The van der Waals surface area contributed by atoms with Gasteiger partial charge in [0.05, 0.1) is 13.2 Å². The number of piperazine rings is 1. The predicted octanol–water partition coefficient (Wildman–Crippen LogP) is 5.86. The highest BCUT2D eigenvalue weighted by molar-refractivity contribution is 6.35. The Balaban J connectivity index is 1.35. The van der Waals surface area contributed by atoms with Crippen LogP contribution in [0.3, 0.4) is 0 Å². The maximum atomic E-state index is 12.5. The summed E-state index contributed by atoms with van der Waals surface area (Å²) in [6, 6.07) is 14.9. The molecule has 4 rings (SSSR count). The molecule has 1 aromatic heterocycles. The van der Waals surface area contributed by atoms with Gasteiger partial charge < -0.3 is 19.1 Å². The third kappa shape index (κ3) is 7.06. The number of aromatic nitrogens is 1. The van der Waals surface area contributed by atoms with Crippen LogP contribution in [0.4, 0.5) is 5.82 Å². The number of hydrogen-bond donors (Lipinski definition) is 0. The Morgan fingerprint density at radius 3 is 2.51 bits per heavy atom. The fourth-order valence-corrected chi connectivity index (χ4v) is 4.65. The topological polar surface area (TPSA) is 64.1 Å². The van der Waals surface area contributed by atoms with Gasteiger partial charge in [0, 0.05) is 54.5 Å². The van der Waals surface area contributed by atoms with E-state index in [0.717, 1.165) is 43.9 Å². The van der Waals surface area contributed by atoms with Gasteiger partial charge >= 0.3 is 5.97 Å². The SMILES string of the molecule is COc1cc(CN2CCN(c3ncccc3C(=O)OC(C)C)CC2)ccc1OCc1ccc(Cl)cc1Cl. The minimum absolute atomic E-state index is 0.179. The van der Waals surface area contributed by atoms with Crippen molar-refractivity contribution in [2.45, 2.75) is 33.1 Å². The molecule has 1 aliphatic heterocycles. The lowest BCUT2D eigenvalue weighted by Crippen LogP contribution is -2.46. The Kier molecular flexibility index (Phi) is 9.14. The van der Waals surface area contributed by atoms with Crippen molar-refractivity contribution in [3.8, 4) is 11.5 Å². The molecule has 37 heavy (non-hydrogen) atoms. The van der Waals surface area contributed by atoms with Gasteiger partial charge in [-0.15, -0.1) is 0 Å². The van der Waals surface area contributed by atoms with Gasteiger partial charge in [-0.05, 0) is 55.8 Å². The first-order valence-corrected chi connectivity index (χ1v) is 13.0. The predicted molar refractivity (Wildman–Crippen MR) is 146 cm³/mol. The largest absolute Gasteiger partial charge is 0.493 e. The molecule has 0 atom stereocenters. The zero-order chi connectivity index (χ0) is 26.4. The van der Waals surface area contributed by atoms with Crippen molar-refractivity contribution in [3.63, 3.8) is 0 Å². The van der Waals surface area contributed by atoms with Crippen LogP contribution in [0.15, 0.2) is 54.7 Å². The molecule has 0 spiro atoms. The van der Waals surface area contributed by atoms with Crippen LogP contribution in [0.5, 0.6) is 11.5 Å². The van der Waals surface area contributed by atoms with Crippen molar-refractivity contribution in [2.75, 3.05) is 38.2 Å². The molecule has 2 heterocycles. The number of nitrogens with zero attached hydrogens (tertiary/aromatic N) is 3. The Morgan fingerprint density at radius 2 is 1.81 bits per heavy atom. The maximum absolute atomic E-state index is 12.5. The molecule has 1 fully saturated rings. The second kappa shape index (κ2) is 12.5. The average molecular weight is 544 g/mol. The lowest BCUT2D eigenvalue weighted by Gasteiger charge is -2.36. The first kappa shape index (κ1) is 27.0. The van der Waals surface area contributed by atoms with Gasteiger partial charge in [-0.2, -0.15) is 0 Å². The highest BCUT2D eigenvalue weighted by atomic mass is 35.5. The van der Waals surface area contributed by atoms with Gasteiger partial charge in [-0.25, -0.2) is 9.78 Å². The van der Waals surface area contributed by atoms with E-state index in [9.17, 15) is 4.79 Å². The molecule has 0 radical (unpaired) electrons. The highest BCUT2D eigenvalue weighted by Crippen LogP contribution is 2.31. The van der Waals surface area contributed by atoms with Crippen molar-refractivity contribution < 1.29 is 19.0 Å². The number of benzene rings is 2. The fraction of sp³-hybridized carbons (Fsp3) is 0.357. The van der Waals surface area contributed by atoms with Gasteiger partial charge in [0.1, 0.15) is 18.0 Å². The fourth-order valence-electron chi connectivity index (χ4n) is 4.19.